The predicted molar refractivity (Wildman–Crippen MR) is 50.4 cm³/mol. The summed E-state index contributed by atoms with van der Waals surface area (Å²) in [7, 11) is 0. The molecule has 0 aliphatic heterocycles. The molecule has 2 N–H and O–H groups in total. The predicted octanol–water partition coefficient (Wildman–Crippen LogP) is 0.980. The van der Waals surface area contributed by atoms with Crippen molar-refractivity contribution < 1.29 is 24.1 Å². The van der Waals surface area contributed by atoms with Gasteiger partial charge in [0, 0.05) is 6.61 Å². The Morgan fingerprint density at radius 3 is 2.47 bits per heavy atom. The summed E-state index contributed by atoms with van der Waals surface area (Å²) < 4.78 is 17.1. The molecule has 0 aliphatic carbocycles. The van der Waals surface area contributed by atoms with Crippen molar-refractivity contribution in [2.75, 3.05) is 6.61 Å². The minimum atomic E-state index is -2.35. The molecule has 4 nitrogen and oxygen atoms in total. The van der Waals surface area contributed by atoms with E-state index in [1.54, 1.807) is 12.1 Å². The van der Waals surface area contributed by atoms with Crippen LogP contribution in [0.1, 0.15) is 5.56 Å². The van der Waals surface area contributed by atoms with Gasteiger partial charge in [0.1, 0.15) is 5.75 Å². The smallest absolute Gasteiger partial charge is 0.378 e. The van der Waals surface area contributed by atoms with Gasteiger partial charge in [0.25, 0.3) is 0 Å². The van der Waals surface area contributed by atoms with E-state index in [0.717, 1.165) is 5.56 Å². The van der Waals surface area contributed by atoms with E-state index in [4.69, 9.17) is 10.2 Å². The fraction of sp³-hybridized carbons (Fsp3) is 0.300. The van der Waals surface area contributed by atoms with Gasteiger partial charge in [-0.3, -0.25) is 0 Å². The van der Waals surface area contributed by atoms with Crippen LogP contribution >= 0.6 is 0 Å². The normalized spacial score (nSPS) is 12.1. The highest BCUT2D eigenvalue weighted by Crippen LogP contribution is 2.14. The number of benzene rings is 1. The second-order valence-corrected chi connectivity index (χ2v) is 2.89. The van der Waals surface area contributed by atoms with E-state index in [1.165, 1.54) is 12.1 Å². The van der Waals surface area contributed by atoms with Crippen molar-refractivity contribution >= 4 is 5.97 Å². The molecule has 0 fully saturated rings. The molecule has 1 rings (SSSR count). The molecule has 0 amide bonds. The Bertz CT molecular complexity index is 323. The summed E-state index contributed by atoms with van der Waals surface area (Å²) in [5.41, 5.74) is 0.871. The Morgan fingerprint density at radius 2 is 2.00 bits per heavy atom. The summed E-state index contributed by atoms with van der Waals surface area (Å²) >= 11 is 0. The minimum Gasteiger partial charge on any atom is -0.476 e. The Morgan fingerprint density at radius 1 is 1.40 bits per heavy atom. The number of aliphatic hydroxyl groups excluding tert-OH is 1. The fourth-order valence-electron chi connectivity index (χ4n) is 1.03. The zero-order valence-corrected chi connectivity index (χ0v) is 7.89. The third-order valence-electron chi connectivity index (χ3n) is 1.76. The first-order chi connectivity index (χ1) is 7.13. The average molecular weight is 214 g/mol. The number of halogens is 1. The van der Waals surface area contributed by atoms with Gasteiger partial charge in [-0.1, -0.05) is 12.1 Å². The molecule has 5 heteroatoms. The molecule has 0 bridgehead atoms. The summed E-state index contributed by atoms with van der Waals surface area (Å²) in [6.07, 6.45) is -1.85. The van der Waals surface area contributed by atoms with Gasteiger partial charge in [0.15, 0.2) is 0 Å². The molecular weight excluding hydrogens is 203 g/mol. The molecular formula is C10H11FO4. The van der Waals surface area contributed by atoms with Gasteiger partial charge < -0.3 is 14.9 Å². The van der Waals surface area contributed by atoms with E-state index in [9.17, 15) is 9.18 Å². The second-order valence-electron chi connectivity index (χ2n) is 2.89. The SMILES string of the molecule is O=C(O)C(F)Oc1ccc(CCO)cc1. The lowest BCUT2D eigenvalue weighted by Gasteiger charge is -2.07. The highest BCUT2D eigenvalue weighted by atomic mass is 19.1. The van der Waals surface area contributed by atoms with Crippen molar-refractivity contribution in [1.29, 1.82) is 0 Å². The minimum absolute atomic E-state index is 0.0288. The van der Waals surface area contributed by atoms with Crippen molar-refractivity contribution in [1.82, 2.24) is 0 Å². The largest absolute Gasteiger partial charge is 0.476 e. The molecule has 1 aromatic rings. The lowest BCUT2D eigenvalue weighted by atomic mass is 10.1. The number of hydrogen-bond donors (Lipinski definition) is 2. The molecule has 82 valence electrons. The van der Waals surface area contributed by atoms with Gasteiger partial charge in [-0.25, -0.2) is 4.79 Å². The Balaban J connectivity index is 2.60. The summed E-state index contributed by atoms with van der Waals surface area (Å²) in [6, 6.07) is 6.20. The van der Waals surface area contributed by atoms with Gasteiger partial charge in [-0.15, -0.1) is 0 Å². The quantitative estimate of drug-likeness (QED) is 0.766. The Kier molecular flexibility index (Phi) is 4.05. The molecule has 0 radical (unpaired) electrons. The number of aliphatic carboxylic acids is 1. The Labute approximate surface area is 85.9 Å². The maximum absolute atomic E-state index is 12.6. The zero-order valence-electron chi connectivity index (χ0n) is 7.89. The summed E-state index contributed by atoms with van der Waals surface area (Å²) in [6.45, 7) is 0.0288. The number of carbonyl (C=O) groups is 1. The van der Waals surface area contributed by atoms with Crippen molar-refractivity contribution in [2.24, 2.45) is 0 Å². The van der Waals surface area contributed by atoms with Crippen LogP contribution < -0.4 is 4.74 Å². The topological polar surface area (TPSA) is 66.8 Å². The molecule has 15 heavy (non-hydrogen) atoms. The standard InChI is InChI=1S/C10H11FO4/c11-9(10(13)14)15-8-3-1-7(2-4-8)5-6-12/h1-4,9,12H,5-6H2,(H,13,14). The van der Waals surface area contributed by atoms with Gasteiger partial charge in [-0.2, -0.15) is 4.39 Å². The number of aliphatic hydroxyl groups is 1. The molecule has 0 saturated heterocycles. The van der Waals surface area contributed by atoms with E-state index < -0.39 is 12.3 Å². The molecule has 1 atom stereocenters. The molecule has 0 spiro atoms. The van der Waals surface area contributed by atoms with Crippen molar-refractivity contribution in [3.8, 4) is 5.75 Å². The second kappa shape index (κ2) is 5.31. The molecule has 0 aromatic heterocycles. The molecule has 1 aromatic carbocycles. The maximum Gasteiger partial charge on any atom is 0.378 e. The van der Waals surface area contributed by atoms with Crippen LogP contribution in [0.4, 0.5) is 4.39 Å². The van der Waals surface area contributed by atoms with Crippen LogP contribution in [-0.4, -0.2) is 29.1 Å². The number of carboxylic acids is 1. The third-order valence-corrected chi connectivity index (χ3v) is 1.76. The first kappa shape index (κ1) is 11.5. The van der Waals surface area contributed by atoms with E-state index in [0.29, 0.717) is 6.42 Å². The number of alkyl halides is 1. The van der Waals surface area contributed by atoms with Gasteiger partial charge >= 0.3 is 12.3 Å². The van der Waals surface area contributed by atoms with Crippen LogP contribution in [-0.2, 0) is 11.2 Å². The number of carboxylic acid groups (broad SMARTS) is 1. The lowest BCUT2D eigenvalue weighted by Crippen LogP contribution is -2.21. The van der Waals surface area contributed by atoms with Crippen LogP contribution in [0.25, 0.3) is 0 Å². The van der Waals surface area contributed by atoms with Crippen LogP contribution in [0.15, 0.2) is 24.3 Å². The first-order valence-corrected chi connectivity index (χ1v) is 4.37. The fourth-order valence-corrected chi connectivity index (χ4v) is 1.03. The summed E-state index contributed by atoms with van der Waals surface area (Å²) in [5.74, 6) is -1.51. The molecule has 0 aliphatic rings. The van der Waals surface area contributed by atoms with E-state index in [2.05, 4.69) is 4.74 Å². The zero-order chi connectivity index (χ0) is 11.3. The van der Waals surface area contributed by atoms with Crippen molar-refractivity contribution in [3.05, 3.63) is 29.8 Å². The van der Waals surface area contributed by atoms with Gasteiger partial charge in [-0.05, 0) is 24.1 Å². The highest BCUT2D eigenvalue weighted by molar-refractivity contribution is 5.70. The number of ether oxygens (including phenoxy) is 1. The van der Waals surface area contributed by atoms with Crippen LogP contribution in [0.3, 0.4) is 0 Å². The molecule has 0 heterocycles. The van der Waals surface area contributed by atoms with Crippen molar-refractivity contribution in [2.45, 2.75) is 12.8 Å². The van der Waals surface area contributed by atoms with Gasteiger partial charge in [0.2, 0.25) is 0 Å². The van der Waals surface area contributed by atoms with E-state index in [1.807, 2.05) is 0 Å². The van der Waals surface area contributed by atoms with Crippen molar-refractivity contribution in [3.63, 3.8) is 0 Å². The molecule has 1 unspecified atom stereocenters. The molecule has 0 saturated carbocycles. The average Bonchev–Trinajstić information content (AvgIpc) is 2.21. The first-order valence-electron chi connectivity index (χ1n) is 4.37. The third kappa shape index (κ3) is 3.55. The highest BCUT2D eigenvalue weighted by Gasteiger charge is 2.16. The summed E-state index contributed by atoms with van der Waals surface area (Å²) in [5, 5.41) is 16.9. The van der Waals surface area contributed by atoms with Crippen LogP contribution in [0, 0.1) is 0 Å². The number of rotatable bonds is 5. The summed E-state index contributed by atoms with van der Waals surface area (Å²) in [4.78, 5) is 10.1. The lowest BCUT2D eigenvalue weighted by molar-refractivity contribution is -0.153. The number of hydrogen-bond acceptors (Lipinski definition) is 3. The van der Waals surface area contributed by atoms with Crippen LogP contribution in [0.2, 0.25) is 0 Å². The monoisotopic (exact) mass is 214 g/mol. The maximum atomic E-state index is 12.6. The Hall–Kier alpha value is -1.62. The van der Waals surface area contributed by atoms with Gasteiger partial charge in [0.05, 0.1) is 0 Å². The van der Waals surface area contributed by atoms with E-state index >= 15 is 0 Å². The van der Waals surface area contributed by atoms with Crippen LogP contribution in [0.5, 0.6) is 5.75 Å². The van der Waals surface area contributed by atoms with E-state index in [-0.39, 0.29) is 12.4 Å².